The largest absolute Gasteiger partial charge is 0.322 e. The summed E-state index contributed by atoms with van der Waals surface area (Å²) in [6.07, 6.45) is 0. The summed E-state index contributed by atoms with van der Waals surface area (Å²) in [5.41, 5.74) is 0.0561. The zero-order valence-corrected chi connectivity index (χ0v) is 16.4. The fourth-order valence-electron chi connectivity index (χ4n) is 3.15. The maximum Gasteiger partial charge on any atom is 0.249 e. The lowest BCUT2D eigenvalue weighted by atomic mass is 10.2. The van der Waals surface area contributed by atoms with Crippen LogP contribution in [-0.4, -0.2) is 55.8 Å². The fraction of sp³-hybridized carbons (Fsp3) is 0.316. The first-order chi connectivity index (χ1) is 13.7. The summed E-state index contributed by atoms with van der Waals surface area (Å²) in [5.74, 6) is -3.29. The second kappa shape index (κ2) is 8.52. The third kappa shape index (κ3) is 4.44. The molecule has 0 aliphatic carbocycles. The molecule has 10 heteroatoms. The van der Waals surface area contributed by atoms with Gasteiger partial charge in [-0.1, -0.05) is 18.2 Å². The van der Waals surface area contributed by atoms with Crippen molar-refractivity contribution >= 4 is 21.6 Å². The monoisotopic (exact) mass is 427 g/mol. The summed E-state index contributed by atoms with van der Waals surface area (Å²) < 4.78 is 67.8. The van der Waals surface area contributed by atoms with Gasteiger partial charge in [-0.05, 0) is 31.2 Å². The highest BCUT2D eigenvalue weighted by atomic mass is 32.2. The number of anilines is 1. The number of piperazine rings is 1. The Morgan fingerprint density at radius 1 is 0.931 bits per heavy atom. The maximum absolute atomic E-state index is 13.9. The number of halogens is 3. The first kappa shape index (κ1) is 21.3. The highest BCUT2D eigenvalue weighted by molar-refractivity contribution is 7.89. The number of benzene rings is 2. The van der Waals surface area contributed by atoms with Crippen LogP contribution in [0.4, 0.5) is 18.9 Å². The minimum atomic E-state index is -4.34. The van der Waals surface area contributed by atoms with Gasteiger partial charge in [0, 0.05) is 26.2 Å². The molecule has 156 valence electrons. The molecule has 1 saturated heterocycles. The molecule has 0 saturated carbocycles. The average molecular weight is 427 g/mol. The lowest BCUT2D eigenvalue weighted by molar-refractivity contribution is -0.121. The lowest BCUT2D eigenvalue weighted by Crippen LogP contribution is -2.54. The molecule has 6 nitrogen and oxygen atoms in total. The average Bonchev–Trinajstić information content (AvgIpc) is 2.69. The zero-order valence-electron chi connectivity index (χ0n) is 15.6. The van der Waals surface area contributed by atoms with Gasteiger partial charge in [-0.25, -0.2) is 21.6 Å². The Kier molecular flexibility index (Phi) is 6.25. The molecule has 0 spiro atoms. The van der Waals surface area contributed by atoms with E-state index < -0.39 is 44.3 Å². The summed E-state index contributed by atoms with van der Waals surface area (Å²) in [4.78, 5) is 13.2. The topological polar surface area (TPSA) is 69.7 Å². The van der Waals surface area contributed by atoms with Gasteiger partial charge in [-0.3, -0.25) is 9.69 Å². The molecule has 29 heavy (non-hydrogen) atoms. The molecule has 1 heterocycles. The smallest absolute Gasteiger partial charge is 0.249 e. The summed E-state index contributed by atoms with van der Waals surface area (Å²) >= 11 is 0. The van der Waals surface area contributed by atoms with E-state index in [0.29, 0.717) is 0 Å². The van der Waals surface area contributed by atoms with E-state index in [0.717, 1.165) is 22.5 Å². The normalized spacial score (nSPS) is 17.1. The van der Waals surface area contributed by atoms with Gasteiger partial charge in [-0.15, -0.1) is 0 Å². The predicted octanol–water partition coefficient (Wildman–Crippen LogP) is 2.44. The van der Waals surface area contributed by atoms with Gasteiger partial charge >= 0.3 is 0 Å². The molecule has 1 aliphatic rings. The second-order valence-electron chi connectivity index (χ2n) is 6.64. The fourth-order valence-corrected chi connectivity index (χ4v) is 4.69. The third-order valence-electron chi connectivity index (χ3n) is 4.85. The Morgan fingerprint density at radius 3 is 2.07 bits per heavy atom. The van der Waals surface area contributed by atoms with Gasteiger partial charge in [0.15, 0.2) is 4.90 Å². The Labute approximate surface area is 167 Å². The Hall–Kier alpha value is -2.43. The first-order valence-electron chi connectivity index (χ1n) is 8.95. The SMILES string of the molecule is CC(C(=O)Nc1ccccc1F)N1CCN(S(=O)(=O)c2c(F)cccc2F)CC1. The van der Waals surface area contributed by atoms with Crippen molar-refractivity contribution in [1.29, 1.82) is 0 Å². The quantitative estimate of drug-likeness (QED) is 0.796. The van der Waals surface area contributed by atoms with Crippen molar-refractivity contribution in [2.75, 3.05) is 31.5 Å². The number of hydrogen-bond donors (Lipinski definition) is 1. The molecule has 2 aromatic rings. The van der Waals surface area contributed by atoms with Crippen molar-refractivity contribution in [3.05, 3.63) is 59.9 Å². The van der Waals surface area contributed by atoms with E-state index in [1.807, 2.05) is 0 Å². The number of hydrogen-bond acceptors (Lipinski definition) is 4. The van der Waals surface area contributed by atoms with Crippen molar-refractivity contribution in [3.8, 4) is 0 Å². The van der Waals surface area contributed by atoms with Crippen LogP contribution in [0.1, 0.15) is 6.92 Å². The van der Waals surface area contributed by atoms with Crippen LogP contribution in [0.25, 0.3) is 0 Å². The van der Waals surface area contributed by atoms with Gasteiger partial charge in [0.05, 0.1) is 11.7 Å². The molecule has 1 aliphatic heterocycles. The number of carbonyl (C=O) groups is 1. The molecule has 1 unspecified atom stereocenters. The number of rotatable bonds is 5. The molecule has 0 aromatic heterocycles. The Bertz CT molecular complexity index is 989. The van der Waals surface area contributed by atoms with E-state index in [1.165, 1.54) is 18.2 Å². The minimum absolute atomic E-state index is 0.0343. The molecule has 2 aromatic carbocycles. The van der Waals surface area contributed by atoms with Crippen LogP contribution in [0, 0.1) is 17.5 Å². The third-order valence-corrected chi connectivity index (χ3v) is 6.80. The lowest BCUT2D eigenvalue weighted by Gasteiger charge is -2.36. The van der Waals surface area contributed by atoms with Gasteiger partial charge in [0.1, 0.15) is 17.5 Å². The Balaban J connectivity index is 1.65. The standard InChI is InChI=1S/C19H20F3N3O3S/c1-13(19(26)23-17-8-3-2-5-14(17)20)24-9-11-25(12-10-24)29(27,28)18-15(21)6-4-7-16(18)22/h2-8,13H,9-12H2,1H3,(H,23,26). The number of nitrogens with zero attached hydrogens (tertiary/aromatic N) is 2. The van der Waals surface area contributed by atoms with Gasteiger partial charge in [0.25, 0.3) is 0 Å². The number of amides is 1. The zero-order chi connectivity index (χ0) is 21.2. The molecule has 0 radical (unpaired) electrons. The molecule has 1 N–H and O–H groups in total. The minimum Gasteiger partial charge on any atom is -0.322 e. The van der Waals surface area contributed by atoms with E-state index in [1.54, 1.807) is 17.9 Å². The summed E-state index contributed by atoms with van der Waals surface area (Å²) in [6.45, 7) is 1.92. The van der Waals surface area contributed by atoms with E-state index in [9.17, 15) is 26.4 Å². The predicted molar refractivity (Wildman–Crippen MR) is 101 cm³/mol. The molecular formula is C19H20F3N3O3S. The van der Waals surface area contributed by atoms with Crippen molar-refractivity contribution < 1.29 is 26.4 Å². The highest BCUT2D eigenvalue weighted by Crippen LogP contribution is 2.24. The van der Waals surface area contributed by atoms with Crippen molar-refractivity contribution in [1.82, 2.24) is 9.21 Å². The summed E-state index contributed by atoms with van der Waals surface area (Å²) in [7, 11) is -4.34. The molecule has 0 bridgehead atoms. The molecule has 1 fully saturated rings. The van der Waals surface area contributed by atoms with Crippen LogP contribution in [0.5, 0.6) is 0 Å². The number of para-hydroxylation sites is 1. The second-order valence-corrected chi connectivity index (χ2v) is 8.51. The summed E-state index contributed by atoms with van der Waals surface area (Å²) in [6, 6.07) is 7.99. The highest BCUT2D eigenvalue weighted by Gasteiger charge is 2.35. The van der Waals surface area contributed by atoms with Crippen LogP contribution in [-0.2, 0) is 14.8 Å². The van der Waals surface area contributed by atoms with Gasteiger partial charge in [-0.2, -0.15) is 4.31 Å². The van der Waals surface area contributed by atoms with E-state index in [4.69, 9.17) is 0 Å². The van der Waals surface area contributed by atoms with Crippen molar-refractivity contribution in [3.63, 3.8) is 0 Å². The molecular weight excluding hydrogens is 407 g/mol. The number of carbonyl (C=O) groups excluding carboxylic acids is 1. The van der Waals surface area contributed by atoms with E-state index in [2.05, 4.69) is 5.32 Å². The van der Waals surface area contributed by atoms with Crippen LogP contribution in [0.15, 0.2) is 47.4 Å². The molecule has 1 atom stereocenters. The van der Waals surface area contributed by atoms with Gasteiger partial charge in [0.2, 0.25) is 15.9 Å². The van der Waals surface area contributed by atoms with E-state index in [-0.39, 0.29) is 31.9 Å². The first-order valence-corrected chi connectivity index (χ1v) is 10.4. The van der Waals surface area contributed by atoms with Crippen LogP contribution < -0.4 is 5.32 Å². The maximum atomic E-state index is 13.9. The van der Waals surface area contributed by atoms with E-state index >= 15 is 0 Å². The molecule has 1 amide bonds. The summed E-state index contributed by atoms with van der Waals surface area (Å²) in [5, 5.41) is 2.50. The number of sulfonamides is 1. The van der Waals surface area contributed by atoms with Crippen LogP contribution in [0.3, 0.4) is 0 Å². The number of nitrogens with one attached hydrogen (secondary N) is 1. The van der Waals surface area contributed by atoms with Crippen molar-refractivity contribution in [2.45, 2.75) is 17.9 Å². The van der Waals surface area contributed by atoms with Crippen LogP contribution in [0.2, 0.25) is 0 Å². The molecule has 3 rings (SSSR count). The van der Waals surface area contributed by atoms with Crippen LogP contribution >= 0.6 is 0 Å². The van der Waals surface area contributed by atoms with Gasteiger partial charge < -0.3 is 5.32 Å². The van der Waals surface area contributed by atoms with Crippen molar-refractivity contribution in [2.24, 2.45) is 0 Å². The Morgan fingerprint density at radius 2 is 1.48 bits per heavy atom.